The molecular weight excluding hydrogens is 356 g/mol. The molecule has 136 valence electrons. The maximum atomic E-state index is 13.2. The number of rotatable bonds is 4. The molecule has 10 heteroatoms. The molecule has 0 spiro atoms. The Hall–Kier alpha value is -2.23. The fraction of sp³-hybridized carbons (Fsp3) is 0.467. The lowest BCUT2D eigenvalue weighted by molar-refractivity contribution is -0.286. The second-order valence-corrected chi connectivity index (χ2v) is 8.86. The van der Waals surface area contributed by atoms with Gasteiger partial charge in [0.2, 0.25) is 0 Å². The van der Waals surface area contributed by atoms with E-state index in [2.05, 4.69) is 24.7 Å². The molecule has 0 bridgehead atoms. The topological polar surface area (TPSA) is 94.2 Å². The number of nitrogens with one attached hydrogen (secondary N) is 1. The summed E-state index contributed by atoms with van der Waals surface area (Å²) in [4.78, 5) is 4.18. The molecule has 0 radical (unpaired) electrons. The van der Waals surface area contributed by atoms with Crippen LogP contribution in [0.1, 0.15) is 38.0 Å². The number of benzene rings is 1. The Bertz CT molecular complexity index is 904. The third kappa shape index (κ3) is 3.89. The number of fused-ring (bicyclic) bond motifs is 1. The first-order valence-corrected chi connectivity index (χ1v) is 9.27. The standard InChI is InChI=1S/C15H17F2N3O4S/c1-14(2,3)13-18-11(19-20-13)8-25(21,22)7-9-5-4-6-10-12(9)24-15(16,17)23-10/h4-6H,7-8H2,1-3H3,(H,18,19,20). The van der Waals surface area contributed by atoms with E-state index in [9.17, 15) is 17.2 Å². The summed E-state index contributed by atoms with van der Waals surface area (Å²) in [5.74, 6) is -0.635. The predicted octanol–water partition coefficient (Wildman–Crippen LogP) is 2.54. The molecule has 1 N–H and O–H groups in total. The van der Waals surface area contributed by atoms with Crippen LogP contribution in [0.5, 0.6) is 11.5 Å². The van der Waals surface area contributed by atoms with Crippen molar-refractivity contribution in [2.24, 2.45) is 0 Å². The molecule has 1 aliphatic rings. The van der Waals surface area contributed by atoms with Crippen LogP contribution >= 0.6 is 0 Å². The number of alkyl halides is 2. The van der Waals surface area contributed by atoms with E-state index in [0.29, 0.717) is 5.82 Å². The maximum Gasteiger partial charge on any atom is 0.586 e. The molecule has 0 fully saturated rings. The number of aromatic nitrogens is 3. The van der Waals surface area contributed by atoms with Crippen LogP contribution in [0.25, 0.3) is 0 Å². The van der Waals surface area contributed by atoms with Crippen molar-refractivity contribution in [3.8, 4) is 11.5 Å². The summed E-state index contributed by atoms with van der Waals surface area (Å²) in [5, 5.41) is 6.61. The Kier molecular flexibility index (Phi) is 3.98. The van der Waals surface area contributed by atoms with Crippen molar-refractivity contribution in [3.05, 3.63) is 35.4 Å². The van der Waals surface area contributed by atoms with E-state index in [1.165, 1.54) is 18.2 Å². The van der Waals surface area contributed by atoms with E-state index < -0.39 is 27.6 Å². The first-order valence-electron chi connectivity index (χ1n) is 7.45. The van der Waals surface area contributed by atoms with Crippen LogP contribution in [0.4, 0.5) is 8.78 Å². The van der Waals surface area contributed by atoms with Gasteiger partial charge in [-0.2, -0.15) is 5.10 Å². The van der Waals surface area contributed by atoms with E-state index in [1.807, 2.05) is 20.8 Å². The van der Waals surface area contributed by atoms with Gasteiger partial charge in [0, 0.05) is 11.0 Å². The summed E-state index contributed by atoms with van der Waals surface area (Å²) in [5.41, 5.74) is -0.222. The number of hydrogen-bond donors (Lipinski definition) is 1. The fourth-order valence-electron chi connectivity index (χ4n) is 2.33. The van der Waals surface area contributed by atoms with E-state index in [1.54, 1.807) is 0 Å². The Labute approximate surface area is 143 Å². The monoisotopic (exact) mass is 373 g/mol. The van der Waals surface area contributed by atoms with Gasteiger partial charge >= 0.3 is 6.29 Å². The van der Waals surface area contributed by atoms with Crippen molar-refractivity contribution in [1.29, 1.82) is 0 Å². The number of sulfone groups is 1. The minimum atomic E-state index is -3.80. The highest BCUT2D eigenvalue weighted by atomic mass is 32.2. The molecule has 0 amide bonds. The Morgan fingerprint density at radius 3 is 2.56 bits per heavy atom. The lowest BCUT2D eigenvalue weighted by Gasteiger charge is -2.11. The summed E-state index contributed by atoms with van der Waals surface area (Å²) in [6.45, 7) is 5.71. The van der Waals surface area contributed by atoms with E-state index >= 15 is 0 Å². The van der Waals surface area contributed by atoms with Gasteiger partial charge in [-0.25, -0.2) is 13.4 Å². The average molecular weight is 373 g/mol. The van der Waals surface area contributed by atoms with Gasteiger partial charge in [-0.15, -0.1) is 8.78 Å². The van der Waals surface area contributed by atoms with Crippen LogP contribution in [-0.2, 0) is 26.8 Å². The van der Waals surface area contributed by atoms with Crippen LogP contribution < -0.4 is 9.47 Å². The SMILES string of the molecule is CC(C)(C)c1n[nH]c(CS(=O)(=O)Cc2cccc3c2OC(F)(F)O3)n1. The zero-order chi connectivity index (χ0) is 18.5. The van der Waals surface area contributed by atoms with E-state index in [4.69, 9.17) is 0 Å². The first kappa shape index (κ1) is 17.6. The quantitative estimate of drug-likeness (QED) is 0.885. The molecule has 25 heavy (non-hydrogen) atoms. The molecule has 1 aromatic heterocycles. The largest absolute Gasteiger partial charge is 0.586 e. The van der Waals surface area contributed by atoms with E-state index in [0.717, 1.165) is 0 Å². The van der Waals surface area contributed by atoms with Crippen molar-refractivity contribution in [2.75, 3.05) is 0 Å². The molecule has 1 aliphatic heterocycles. The predicted molar refractivity (Wildman–Crippen MR) is 84.1 cm³/mol. The van der Waals surface area contributed by atoms with Crippen molar-refractivity contribution in [3.63, 3.8) is 0 Å². The van der Waals surface area contributed by atoms with Crippen LogP contribution in [0.3, 0.4) is 0 Å². The maximum absolute atomic E-state index is 13.2. The van der Waals surface area contributed by atoms with Gasteiger partial charge in [-0.1, -0.05) is 32.9 Å². The average Bonchev–Trinajstić information content (AvgIpc) is 3.00. The van der Waals surface area contributed by atoms with Crippen molar-refractivity contribution in [1.82, 2.24) is 15.2 Å². The Morgan fingerprint density at radius 1 is 1.20 bits per heavy atom. The van der Waals surface area contributed by atoms with Gasteiger partial charge in [0.05, 0.1) is 5.75 Å². The number of hydrogen-bond acceptors (Lipinski definition) is 6. The lowest BCUT2D eigenvalue weighted by Crippen LogP contribution is -2.26. The lowest BCUT2D eigenvalue weighted by atomic mass is 9.96. The molecule has 0 saturated heterocycles. The Morgan fingerprint density at radius 2 is 1.92 bits per heavy atom. The van der Waals surface area contributed by atoms with E-state index in [-0.39, 0.29) is 28.3 Å². The minimum absolute atomic E-state index is 0.102. The highest BCUT2D eigenvalue weighted by Gasteiger charge is 2.44. The molecule has 0 aliphatic carbocycles. The highest BCUT2D eigenvalue weighted by molar-refractivity contribution is 7.89. The van der Waals surface area contributed by atoms with Crippen molar-refractivity contribution < 1.29 is 26.7 Å². The molecular formula is C15H17F2N3O4S. The molecule has 3 rings (SSSR count). The van der Waals surface area contributed by atoms with Crippen LogP contribution in [0.2, 0.25) is 0 Å². The summed E-state index contributed by atoms with van der Waals surface area (Å²) in [6.07, 6.45) is -3.80. The second-order valence-electron chi connectivity index (χ2n) is 6.80. The molecule has 7 nitrogen and oxygen atoms in total. The third-order valence-electron chi connectivity index (χ3n) is 3.44. The van der Waals surface area contributed by atoms with Gasteiger partial charge in [-0.3, -0.25) is 5.10 Å². The fourth-order valence-corrected chi connectivity index (χ4v) is 3.68. The second kappa shape index (κ2) is 5.65. The zero-order valence-electron chi connectivity index (χ0n) is 13.8. The molecule has 0 atom stereocenters. The van der Waals surface area contributed by atoms with Crippen molar-refractivity contribution >= 4 is 9.84 Å². The highest BCUT2D eigenvalue weighted by Crippen LogP contribution is 2.43. The van der Waals surface area contributed by atoms with Crippen LogP contribution in [-0.4, -0.2) is 29.9 Å². The number of H-pyrrole nitrogens is 1. The number of halogens is 2. The van der Waals surface area contributed by atoms with Gasteiger partial charge < -0.3 is 9.47 Å². The van der Waals surface area contributed by atoms with Gasteiger partial charge in [0.15, 0.2) is 27.2 Å². The smallest absolute Gasteiger partial charge is 0.395 e. The Balaban J connectivity index is 1.80. The molecule has 2 heterocycles. The number of aromatic amines is 1. The first-order chi connectivity index (χ1) is 11.5. The van der Waals surface area contributed by atoms with Crippen LogP contribution in [0.15, 0.2) is 18.2 Å². The minimum Gasteiger partial charge on any atom is -0.395 e. The zero-order valence-corrected chi connectivity index (χ0v) is 14.7. The number of nitrogens with zero attached hydrogens (tertiary/aromatic N) is 2. The summed E-state index contributed by atoms with van der Waals surface area (Å²) in [6, 6.07) is 4.13. The third-order valence-corrected chi connectivity index (χ3v) is 4.91. The number of ether oxygens (including phenoxy) is 2. The molecule has 0 unspecified atom stereocenters. The molecule has 0 saturated carbocycles. The van der Waals surface area contributed by atoms with Gasteiger partial charge in [0.25, 0.3) is 0 Å². The molecule has 1 aromatic carbocycles. The summed E-state index contributed by atoms with van der Waals surface area (Å²) < 4.78 is 60.0. The summed E-state index contributed by atoms with van der Waals surface area (Å²) >= 11 is 0. The number of para-hydroxylation sites is 1. The molecule has 2 aromatic rings. The van der Waals surface area contributed by atoms with Crippen LogP contribution in [0, 0.1) is 0 Å². The normalized spacial score (nSPS) is 16.2. The van der Waals surface area contributed by atoms with Gasteiger partial charge in [0.1, 0.15) is 11.6 Å². The summed E-state index contributed by atoms with van der Waals surface area (Å²) in [7, 11) is -3.69. The van der Waals surface area contributed by atoms with Gasteiger partial charge in [-0.05, 0) is 6.07 Å². The van der Waals surface area contributed by atoms with Crippen molar-refractivity contribution in [2.45, 2.75) is 44.0 Å².